The summed E-state index contributed by atoms with van der Waals surface area (Å²) < 4.78 is 30.3. The largest absolute Gasteiger partial charge is 0.379 e. The summed E-state index contributed by atoms with van der Waals surface area (Å²) in [5.74, 6) is -0.343. The van der Waals surface area contributed by atoms with E-state index >= 15 is 0 Å². The van der Waals surface area contributed by atoms with Crippen LogP contribution in [0.1, 0.15) is 24.0 Å². The summed E-state index contributed by atoms with van der Waals surface area (Å²) in [4.78, 5) is 14.9. The fourth-order valence-corrected chi connectivity index (χ4v) is 4.58. The Morgan fingerprint density at radius 3 is 2.59 bits per heavy atom. The number of benzene rings is 1. The predicted octanol–water partition coefficient (Wildman–Crippen LogP) is 0.807. The molecule has 0 spiro atoms. The van der Waals surface area contributed by atoms with E-state index in [4.69, 9.17) is 4.74 Å². The van der Waals surface area contributed by atoms with E-state index in [2.05, 4.69) is 16.3 Å². The standard InChI is InChI=1S/C19H29N3O4S/c1-27(24,25)22-8-4-7-18(15-22)19(23)20-13-16-5-2-3-6-17(16)14-21-9-11-26-12-10-21/h2-3,5-6,18H,4,7-15H2,1H3,(H,20,23)/t18-/m1/s1. The molecule has 1 aromatic carbocycles. The molecule has 1 aromatic rings. The van der Waals surface area contributed by atoms with Crippen molar-refractivity contribution in [1.82, 2.24) is 14.5 Å². The van der Waals surface area contributed by atoms with Crippen LogP contribution in [0.25, 0.3) is 0 Å². The summed E-state index contributed by atoms with van der Waals surface area (Å²) >= 11 is 0. The van der Waals surface area contributed by atoms with E-state index in [-0.39, 0.29) is 18.4 Å². The number of carbonyl (C=O) groups is 1. The molecule has 1 amide bonds. The lowest BCUT2D eigenvalue weighted by Crippen LogP contribution is -2.45. The predicted molar refractivity (Wildman–Crippen MR) is 104 cm³/mol. The third-order valence-corrected chi connectivity index (χ3v) is 6.56. The Balaban J connectivity index is 1.57. The van der Waals surface area contributed by atoms with E-state index in [0.29, 0.717) is 13.1 Å². The van der Waals surface area contributed by atoms with Crippen LogP contribution in [0.2, 0.25) is 0 Å². The fourth-order valence-electron chi connectivity index (χ4n) is 3.67. The third kappa shape index (κ3) is 5.75. The zero-order chi connectivity index (χ0) is 19.3. The van der Waals surface area contributed by atoms with Gasteiger partial charge in [0.05, 0.1) is 25.4 Å². The van der Waals surface area contributed by atoms with Gasteiger partial charge >= 0.3 is 0 Å². The lowest BCUT2D eigenvalue weighted by atomic mass is 9.98. The summed E-state index contributed by atoms with van der Waals surface area (Å²) in [5.41, 5.74) is 2.31. The van der Waals surface area contributed by atoms with Gasteiger partial charge in [-0.05, 0) is 24.0 Å². The average molecular weight is 396 g/mol. The van der Waals surface area contributed by atoms with Gasteiger partial charge in [0, 0.05) is 39.3 Å². The minimum absolute atomic E-state index is 0.0653. The van der Waals surface area contributed by atoms with Crippen LogP contribution >= 0.6 is 0 Å². The average Bonchev–Trinajstić information content (AvgIpc) is 2.67. The molecule has 0 radical (unpaired) electrons. The normalized spacial score (nSPS) is 22.5. The Labute approximate surface area is 161 Å². The summed E-state index contributed by atoms with van der Waals surface area (Å²) in [5, 5.41) is 3.01. The second-order valence-electron chi connectivity index (χ2n) is 7.34. The highest BCUT2D eigenvalue weighted by Crippen LogP contribution is 2.19. The first-order valence-electron chi connectivity index (χ1n) is 9.53. The van der Waals surface area contributed by atoms with Gasteiger partial charge in [-0.2, -0.15) is 0 Å². The number of piperidine rings is 1. The minimum atomic E-state index is -3.24. The van der Waals surface area contributed by atoms with Gasteiger partial charge in [-0.1, -0.05) is 24.3 Å². The van der Waals surface area contributed by atoms with Crippen LogP contribution in [0.5, 0.6) is 0 Å². The molecule has 150 valence electrons. The van der Waals surface area contributed by atoms with Crippen molar-refractivity contribution < 1.29 is 17.9 Å². The molecule has 2 heterocycles. The van der Waals surface area contributed by atoms with Crippen molar-refractivity contribution in [3.05, 3.63) is 35.4 Å². The summed E-state index contributed by atoms with van der Waals surface area (Å²) in [6, 6.07) is 8.14. The topological polar surface area (TPSA) is 79.0 Å². The van der Waals surface area contributed by atoms with Crippen molar-refractivity contribution in [3.63, 3.8) is 0 Å². The van der Waals surface area contributed by atoms with Crippen molar-refractivity contribution in [3.8, 4) is 0 Å². The number of carbonyl (C=O) groups excluding carboxylic acids is 1. The number of nitrogens with one attached hydrogen (secondary N) is 1. The maximum absolute atomic E-state index is 12.6. The Bertz CT molecular complexity index is 747. The van der Waals surface area contributed by atoms with Crippen LogP contribution < -0.4 is 5.32 Å². The molecule has 2 aliphatic heterocycles. The van der Waals surface area contributed by atoms with Crippen LogP contribution in [0.4, 0.5) is 0 Å². The molecule has 0 bridgehead atoms. The van der Waals surface area contributed by atoms with Crippen molar-refractivity contribution in [2.75, 3.05) is 45.6 Å². The number of rotatable bonds is 6. The van der Waals surface area contributed by atoms with Crippen LogP contribution in [0.15, 0.2) is 24.3 Å². The smallest absolute Gasteiger partial charge is 0.224 e. The van der Waals surface area contributed by atoms with Crippen molar-refractivity contribution in [2.45, 2.75) is 25.9 Å². The Morgan fingerprint density at radius 1 is 1.19 bits per heavy atom. The summed E-state index contributed by atoms with van der Waals surface area (Å²) in [7, 11) is -3.24. The highest BCUT2D eigenvalue weighted by molar-refractivity contribution is 7.88. The second-order valence-corrected chi connectivity index (χ2v) is 9.32. The number of hydrogen-bond acceptors (Lipinski definition) is 5. The van der Waals surface area contributed by atoms with E-state index in [1.807, 2.05) is 18.2 Å². The molecule has 27 heavy (non-hydrogen) atoms. The van der Waals surface area contributed by atoms with Gasteiger partial charge in [-0.25, -0.2) is 12.7 Å². The van der Waals surface area contributed by atoms with E-state index in [9.17, 15) is 13.2 Å². The van der Waals surface area contributed by atoms with E-state index in [1.165, 1.54) is 16.1 Å². The monoisotopic (exact) mass is 395 g/mol. The zero-order valence-electron chi connectivity index (χ0n) is 15.9. The molecule has 1 N–H and O–H groups in total. The number of hydrogen-bond donors (Lipinski definition) is 1. The van der Waals surface area contributed by atoms with E-state index < -0.39 is 10.0 Å². The molecule has 0 aliphatic carbocycles. The van der Waals surface area contributed by atoms with Crippen LogP contribution in [0.3, 0.4) is 0 Å². The number of morpholine rings is 1. The van der Waals surface area contributed by atoms with Gasteiger partial charge in [-0.15, -0.1) is 0 Å². The third-order valence-electron chi connectivity index (χ3n) is 5.29. The van der Waals surface area contributed by atoms with Gasteiger partial charge < -0.3 is 10.1 Å². The maximum Gasteiger partial charge on any atom is 0.224 e. The molecule has 2 aliphatic rings. The molecular formula is C19H29N3O4S. The molecule has 3 rings (SSSR count). The quantitative estimate of drug-likeness (QED) is 0.771. The fraction of sp³-hybridized carbons (Fsp3) is 0.632. The lowest BCUT2D eigenvalue weighted by molar-refractivity contribution is -0.126. The highest BCUT2D eigenvalue weighted by atomic mass is 32.2. The number of nitrogens with zero attached hydrogens (tertiary/aromatic N) is 2. The molecule has 8 heteroatoms. The Morgan fingerprint density at radius 2 is 1.89 bits per heavy atom. The first kappa shape index (κ1) is 20.3. The van der Waals surface area contributed by atoms with Crippen LogP contribution in [-0.4, -0.2) is 69.2 Å². The minimum Gasteiger partial charge on any atom is -0.379 e. The lowest BCUT2D eigenvalue weighted by Gasteiger charge is -2.30. The van der Waals surface area contributed by atoms with Crippen molar-refractivity contribution in [2.24, 2.45) is 5.92 Å². The highest BCUT2D eigenvalue weighted by Gasteiger charge is 2.30. The first-order chi connectivity index (χ1) is 12.9. The van der Waals surface area contributed by atoms with E-state index in [1.54, 1.807) is 0 Å². The molecule has 0 aromatic heterocycles. The van der Waals surface area contributed by atoms with Crippen molar-refractivity contribution >= 4 is 15.9 Å². The van der Waals surface area contributed by atoms with Gasteiger partial charge in [0.25, 0.3) is 0 Å². The SMILES string of the molecule is CS(=O)(=O)N1CCC[C@@H](C(=O)NCc2ccccc2CN2CCOCC2)C1. The molecule has 1 atom stereocenters. The Hall–Kier alpha value is -1.48. The Kier molecular flexibility index (Phi) is 6.86. The second kappa shape index (κ2) is 9.14. The van der Waals surface area contributed by atoms with Gasteiger partial charge in [0.2, 0.25) is 15.9 Å². The number of sulfonamides is 1. The number of amides is 1. The van der Waals surface area contributed by atoms with Gasteiger partial charge in [-0.3, -0.25) is 9.69 Å². The first-order valence-corrected chi connectivity index (χ1v) is 11.4. The van der Waals surface area contributed by atoms with Gasteiger partial charge in [0.1, 0.15) is 0 Å². The number of ether oxygens (including phenoxy) is 1. The summed E-state index contributed by atoms with van der Waals surface area (Å²) in [6.45, 7) is 5.46. The molecule has 7 nitrogen and oxygen atoms in total. The van der Waals surface area contributed by atoms with Crippen LogP contribution in [0, 0.1) is 5.92 Å². The molecule has 0 unspecified atom stereocenters. The molecular weight excluding hydrogens is 366 g/mol. The zero-order valence-corrected chi connectivity index (χ0v) is 16.7. The van der Waals surface area contributed by atoms with E-state index in [0.717, 1.165) is 51.3 Å². The molecule has 2 saturated heterocycles. The van der Waals surface area contributed by atoms with Gasteiger partial charge in [0.15, 0.2) is 0 Å². The summed E-state index contributed by atoms with van der Waals surface area (Å²) in [6.07, 6.45) is 2.65. The molecule has 2 fully saturated rings. The van der Waals surface area contributed by atoms with Crippen molar-refractivity contribution in [1.29, 1.82) is 0 Å². The maximum atomic E-state index is 12.6. The molecule has 0 saturated carbocycles. The van der Waals surface area contributed by atoms with Crippen LogP contribution in [-0.2, 0) is 32.6 Å².